The highest BCUT2D eigenvalue weighted by molar-refractivity contribution is 8.00. The van der Waals surface area contributed by atoms with E-state index in [1.54, 1.807) is 20.1 Å². The van der Waals surface area contributed by atoms with Crippen LogP contribution in [0.25, 0.3) is 0 Å². The molecule has 2 saturated heterocycles. The van der Waals surface area contributed by atoms with E-state index in [4.69, 9.17) is 16.3 Å². The van der Waals surface area contributed by atoms with Gasteiger partial charge in [-0.15, -0.1) is 23.4 Å². The molecule has 1 aromatic carbocycles. The van der Waals surface area contributed by atoms with Gasteiger partial charge in [-0.25, -0.2) is 0 Å². The molecular formula is C18H23ClN2O3S. The molecule has 2 aliphatic heterocycles. The van der Waals surface area contributed by atoms with E-state index in [1.165, 1.54) is 0 Å². The molecule has 0 saturated carbocycles. The van der Waals surface area contributed by atoms with Gasteiger partial charge in [0.15, 0.2) is 0 Å². The van der Waals surface area contributed by atoms with Gasteiger partial charge >= 0.3 is 0 Å². The predicted molar refractivity (Wildman–Crippen MR) is 100 cm³/mol. The molecule has 1 unspecified atom stereocenters. The van der Waals surface area contributed by atoms with Crippen molar-refractivity contribution in [3.8, 4) is 5.75 Å². The molecule has 0 aliphatic carbocycles. The van der Waals surface area contributed by atoms with Gasteiger partial charge < -0.3 is 14.5 Å². The number of hydrogen-bond donors (Lipinski definition) is 0. The Kier molecular flexibility index (Phi) is 5.49. The van der Waals surface area contributed by atoms with Crippen molar-refractivity contribution < 1.29 is 14.3 Å². The number of hydrogen-bond acceptors (Lipinski definition) is 4. The van der Waals surface area contributed by atoms with Gasteiger partial charge in [0.1, 0.15) is 11.1 Å². The summed E-state index contributed by atoms with van der Waals surface area (Å²) < 4.78 is 5.23. The summed E-state index contributed by atoms with van der Waals surface area (Å²) in [5, 5.41) is -0.500. The minimum Gasteiger partial charge on any atom is -0.497 e. The highest BCUT2D eigenvalue weighted by Crippen LogP contribution is 2.44. The molecule has 7 heteroatoms. The Morgan fingerprint density at radius 3 is 2.64 bits per heavy atom. The van der Waals surface area contributed by atoms with Crippen molar-refractivity contribution in [1.82, 2.24) is 9.80 Å². The molecule has 1 spiro atoms. The summed E-state index contributed by atoms with van der Waals surface area (Å²) in [4.78, 5) is 28.8. The maximum Gasteiger partial charge on any atom is 0.255 e. The monoisotopic (exact) mass is 382 g/mol. The Hall–Kier alpha value is -1.40. The largest absolute Gasteiger partial charge is 0.497 e. The fraction of sp³-hybridized carbons (Fsp3) is 0.556. The summed E-state index contributed by atoms with van der Waals surface area (Å²) in [5.41, 5.74) is 0.647. The number of halogens is 1. The third-order valence-electron chi connectivity index (χ3n) is 4.94. The Morgan fingerprint density at radius 2 is 2.00 bits per heavy atom. The number of nitrogens with zero attached hydrogens (tertiary/aromatic N) is 2. The molecule has 0 aromatic heterocycles. The van der Waals surface area contributed by atoms with Crippen LogP contribution in [0.1, 0.15) is 30.1 Å². The molecule has 2 heterocycles. The molecule has 2 amide bonds. The highest BCUT2D eigenvalue weighted by Gasteiger charge is 2.47. The van der Waals surface area contributed by atoms with Crippen LogP contribution in [-0.4, -0.2) is 64.4 Å². The molecule has 2 fully saturated rings. The summed E-state index contributed by atoms with van der Waals surface area (Å²) in [6.45, 7) is 3.73. The van der Waals surface area contributed by atoms with E-state index in [2.05, 4.69) is 0 Å². The Labute approximate surface area is 157 Å². The molecule has 2 aliphatic rings. The summed E-state index contributed by atoms with van der Waals surface area (Å²) in [5.74, 6) is 1.62. The highest BCUT2D eigenvalue weighted by atomic mass is 35.5. The second-order valence-corrected chi connectivity index (χ2v) is 8.54. The van der Waals surface area contributed by atoms with Crippen LogP contribution in [-0.2, 0) is 4.79 Å². The van der Waals surface area contributed by atoms with Crippen molar-refractivity contribution in [2.75, 3.05) is 32.5 Å². The van der Waals surface area contributed by atoms with Crippen molar-refractivity contribution in [1.29, 1.82) is 0 Å². The van der Waals surface area contributed by atoms with Crippen molar-refractivity contribution >= 4 is 35.2 Å². The van der Waals surface area contributed by atoms with Crippen LogP contribution in [0.4, 0.5) is 0 Å². The maximum absolute atomic E-state index is 13.1. The van der Waals surface area contributed by atoms with E-state index in [-0.39, 0.29) is 16.7 Å². The molecule has 1 atom stereocenters. The lowest BCUT2D eigenvalue weighted by atomic mass is 10.0. The van der Waals surface area contributed by atoms with Gasteiger partial charge in [-0.2, -0.15) is 0 Å². The zero-order chi connectivity index (χ0) is 18.0. The molecular weight excluding hydrogens is 360 g/mol. The van der Waals surface area contributed by atoms with Crippen LogP contribution >= 0.6 is 23.4 Å². The average Bonchev–Trinajstić information content (AvgIpc) is 3.04. The number of ether oxygens (including phenoxy) is 1. The Balaban J connectivity index is 1.74. The molecule has 0 radical (unpaired) electrons. The topological polar surface area (TPSA) is 49.9 Å². The molecule has 3 rings (SSSR count). The number of likely N-dealkylation sites (tertiary alicyclic amines) is 1. The van der Waals surface area contributed by atoms with Crippen LogP contribution in [0.15, 0.2) is 24.3 Å². The number of methoxy groups -OCH3 is 1. The van der Waals surface area contributed by atoms with E-state index in [0.29, 0.717) is 24.4 Å². The Bertz CT molecular complexity index is 659. The first-order chi connectivity index (χ1) is 12.0. The first-order valence-corrected chi connectivity index (χ1v) is 9.92. The number of carbonyl (C=O) groups is 2. The van der Waals surface area contributed by atoms with E-state index in [9.17, 15) is 9.59 Å². The normalized spacial score (nSPS) is 20.6. The smallest absolute Gasteiger partial charge is 0.255 e. The van der Waals surface area contributed by atoms with Crippen molar-refractivity contribution in [2.45, 2.75) is 30.0 Å². The van der Waals surface area contributed by atoms with Gasteiger partial charge in [0.05, 0.1) is 12.0 Å². The van der Waals surface area contributed by atoms with Crippen molar-refractivity contribution in [2.24, 2.45) is 0 Å². The number of carbonyl (C=O) groups excluding carboxylic acids is 2. The van der Waals surface area contributed by atoms with Crippen LogP contribution in [0, 0.1) is 0 Å². The van der Waals surface area contributed by atoms with Gasteiger partial charge in [0.2, 0.25) is 5.91 Å². The number of amides is 2. The lowest BCUT2D eigenvalue weighted by Crippen LogP contribution is -2.54. The second kappa shape index (κ2) is 7.46. The van der Waals surface area contributed by atoms with Gasteiger partial charge in [-0.05, 0) is 38.0 Å². The number of thioether (sulfide) groups is 1. The minimum atomic E-state index is -0.500. The van der Waals surface area contributed by atoms with E-state index in [1.807, 2.05) is 39.8 Å². The van der Waals surface area contributed by atoms with Gasteiger partial charge in [0.25, 0.3) is 5.91 Å². The minimum absolute atomic E-state index is 0.0230. The fourth-order valence-electron chi connectivity index (χ4n) is 3.55. The number of benzene rings is 1. The zero-order valence-electron chi connectivity index (χ0n) is 14.5. The van der Waals surface area contributed by atoms with Crippen LogP contribution in [0.5, 0.6) is 5.75 Å². The fourth-order valence-corrected chi connectivity index (χ4v) is 5.14. The average molecular weight is 383 g/mol. The third kappa shape index (κ3) is 3.60. The Morgan fingerprint density at radius 1 is 1.28 bits per heavy atom. The lowest BCUT2D eigenvalue weighted by molar-refractivity contribution is -0.132. The standard InChI is InChI=1S/C18H23ClN2O3S/c1-13(19)16(22)20-8-6-18(7-9-20)21(10-11-25-18)17(23)14-4-3-5-15(12-14)24-2/h3-5,12-13H,6-11H2,1-2H3. The molecule has 0 N–H and O–H groups in total. The van der Waals surface area contributed by atoms with Crippen LogP contribution in [0.3, 0.4) is 0 Å². The first kappa shape index (κ1) is 18.4. The molecule has 5 nitrogen and oxygen atoms in total. The summed E-state index contributed by atoms with van der Waals surface area (Å²) in [7, 11) is 1.60. The van der Waals surface area contributed by atoms with E-state index >= 15 is 0 Å². The molecule has 136 valence electrons. The van der Waals surface area contributed by atoms with Crippen molar-refractivity contribution in [3.63, 3.8) is 0 Å². The van der Waals surface area contributed by atoms with Gasteiger partial charge in [-0.1, -0.05) is 6.07 Å². The van der Waals surface area contributed by atoms with Gasteiger partial charge in [0, 0.05) is 31.0 Å². The third-order valence-corrected chi connectivity index (χ3v) is 6.68. The quantitative estimate of drug-likeness (QED) is 0.754. The zero-order valence-corrected chi connectivity index (χ0v) is 16.1. The summed E-state index contributed by atoms with van der Waals surface area (Å²) in [6.07, 6.45) is 1.56. The second-order valence-electron chi connectivity index (χ2n) is 6.42. The van der Waals surface area contributed by atoms with Gasteiger partial charge in [-0.3, -0.25) is 9.59 Å². The van der Waals surface area contributed by atoms with Crippen LogP contribution in [0.2, 0.25) is 0 Å². The summed E-state index contributed by atoms with van der Waals surface area (Å²) >= 11 is 7.76. The first-order valence-electron chi connectivity index (χ1n) is 8.50. The SMILES string of the molecule is COc1cccc(C(=O)N2CCSC23CCN(C(=O)C(C)Cl)CC3)c1. The number of rotatable bonds is 3. The van der Waals surface area contributed by atoms with Crippen LogP contribution < -0.4 is 4.74 Å². The van der Waals surface area contributed by atoms with Crippen molar-refractivity contribution in [3.05, 3.63) is 29.8 Å². The lowest BCUT2D eigenvalue weighted by Gasteiger charge is -2.44. The molecule has 1 aromatic rings. The maximum atomic E-state index is 13.1. The van der Waals surface area contributed by atoms with E-state index in [0.717, 1.165) is 25.1 Å². The molecule has 25 heavy (non-hydrogen) atoms. The number of piperidine rings is 1. The number of alkyl halides is 1. The van der Waals surface area contributed by atoms with E-state index < -0.39 is 5.38 Å². The molecule has 0 bridgehead atoms. The summed E-state index contributed by atoms with van der Waals surface area (Å²) in [6, 6.07) is 7.29. The predicted octanol–water partition coefficient (Wildman–Crippen LogP) is 2.83.